The first-order valence-corrected chi connectivity index (χ1v) is 6.54. The first-order chi connectivity index (χ1) is 9.92. The number of amides is 1. The Kier molecular flexibility index (Phi) is 4.45. The van der Waals surface area contributed by atoms with E-state index in [2.05, 4.69) is 5.32 Å². The third kappa shape index (κ3) is 3.32. The van der Waals surface area contributed by atoms with Crippen molar-refractivity contribution in [2.45, 2.75) is 0 Å². The normalized spacial score (nSPS) is 10.2. The number of anilines is 1. The predicted molar refractivity (Wildman–Crippen MR) is 80.7 cm³/mol. The summed E-state index contributed by atoms with van der Waals surface area (Å²) < 4.78 is 4.94. The van der Waals surface area contributed by atoms with E-state index in [0.717, 1.165) is 0 Å². The molecule has 1 amide bonds. The Bertz CT molecular complexity index is 680. The SMILES string of the molecule is COc1ccc(C(=O)Nc2cc(Cl)c(O)c(Cl)c2)c(O)c1. The summed E-state index contributed by atoms with van der Waals surface area (Å²) in [5.74, 6) is -0.598. The van der Waals surface area contributed by atoms with Gasteiger partial charge in [0.2, 0.25) is 0 Å². The van der Waals surface area contributed by atoms with Crippen LogP contribution in [-0.4, -0.2) is 23.2 Å². The van der Waals surface area contributed by atoms with Crippen molar-refractivity contribution in [1.29, 1.82) is 0 Å². The monoisotopic (exact) mass is 327 g/mol. The molecular formula is C14H11Cl2NO4. The summed E-state index contributed by atoms with van der Waals surface area (Å²) in [4.78, 5) is 12.1. The molecule has 0 aliphatic heterocycles. The maximum Gasteiger partial charge on any atom is 0.259 e. The van der Waals surface area contributed by atoms with Crippen molar-refractivity contribution in [2.24, 2.45) is 0 Å². The van der Waals surface area contributed by atoms with Gasteiger partial charge in [-0.05, 0) is 24.3 Å². The van der Waals surface area contributed by atoms with E-state index in [9.17, 15) is 15.0 Å². The fourth-order valence-corrected chi connectivity index (χ4v) is 2.15. The summed E-state index contributed by atoms with van der Waals surface area (Å²) in [5, 5.41) is 21.8. The Morgan fingerprint density at radius 2 is 1.76 bits per heavy atom. The van der Waals surface area contributed by atoms with Gasteiger partial charge in [-0.2, -0.15) is 0 Å². The van der Waals surface area contributed by atoms with Crippen LogP contribution in [-0.2, 0) is 0 Å². The highest BCUT2D eigenvalue weighted by Gasteiger charge is 2.14. The molecule has 0 aliphatic rings. The quantitative estimate of drug-likeness (QED) is 0.751. The second-order valence-electron chi connectivity index (χ2n) is 4.13. The number of carbonyl (C=O) groups is 1. The third-order valence-electron chi connectivity index (χ3n) is 2.72. The molecule has 0 bridgehead atoms. The van der Waals surface area contributed by atoms with Gasteiger partial charge in [-0.3, -0.25) is 4.79 Å². The predicted octanol–water partition coefficient (Wildman–Crippen LogP) is 3.67. The Morgan fingerprint density at radius 1 is 1.14 bits per heavy atom. The van der Waals surface area contributed by atoms with Crippen molar-refractivity contribution in [3.05, 3.63) is 45.9 Å². The molecular weight excluding hydrogens is 317 g/mol. The van der Waals surface area contributed by atoms with E-state index in [0.29, 0.717) is 11.4 Å². The van der Waals surface area contributed by atoms with Crippen LogP contribution in [0, 0.1) is 0 Å². The highest BCUT2D eigenvalue weighted by atomic mass is 35.5. The van der Waals surface area contributed by atoms with Crippen molar-refractivity contribution in [2.75, 3.05) is 12.4 Å². The number of phenols is 2. The van der Waals surface area contributed by atoms with Crippen LogP contribution in [0.15, 0.2) is 30.3 Å². The molecule has 0 unspecified atom stereocenters. The van der Waals surface area contributed by atoms with Crippen molar-refractivity contribution in [3.8, 4) is 17.2 Å². The lowest BCUT2D eigenvalue weighted by Gasteiger charge is -2.09. The number of rotatable bonds is 3. The molecule has 0 aromatic heterocycles. The average molecular weight is 328 g/mol. The van der Waals surface area contributed by atoms with Crippen LogP contribution in [0.5, 0.6) is 17.2 Å². The molecule has 2 aromatic rings. The number of hydrogen-bond acceptors (Lipinski definition) is 4. The molecule has 2 rings (SSSR count). The number of carbonyl (C=O) groups excluding carboxylic acids is 1. The number of aromatic hydroxyl groups is 2. The third-order valence-corrected chi connectivity index (χ3v) is 3.30. The molecule has 0 atom stereocenters. The molecule has 0 heterocycles. The van der Waals surface area contributed by atoms with E-state index in [1.807, 2.05) is 0 Å². The lowest BCUT2D eigenvalue weighted by atomic mass is 10.1. The van der Waals surface area contributed by atoms with Crippen molar-refractivity contribution in [1.82, 2.24) is 0 Å². The van der Waals surface area contributed by atoms with Crippen LogP contribution in [0.2, 0.25) is 10.0 Å². The first-order valence-electron chi connectivity index (χ1n) is 5.78. The van der Waals surface area contributed by atoms with E-state index in [1.54, 1.807) is 6.07 Å². The Balaban J connectivity index is 2.26. The van der Waals surface area contributed by atoms with Gasteiger partial charge in [0.05, 0.1) is 22.7 Å². The first kappa shape index (κ1) is 15.3. The van der Waals surface area contributed by atoms with Gasteiger partial charge in [-0.1, -0.05) is 23.2 Å². The van der Waals surface area contributed by atoms with Gasteiger partial charge in [0.25, 0.3) is 5.91 Å². The zero-order chi connectivity index (χ0) is 15.6. The Labute approximate surface area is 130 Å². The summed E-state index contributed by atoms with van der Waals surface area (Å²) in [6.45, 7) is 0. The van der Waals surface area contributed by atoms with Crippen LogP contribution < -0.4 is 10.1 Å². The lowest BCUT2D eigenvalue weighted by molar-refractivity contribution is 0.102. The number of hydrogen-bond donors (Lipinski definition) is 3. The van der Waals surface area contributed by atoms with Crippen molar-refractivity contribution < 1.29 is 19.7 Å². The van der Waals surface area contributed by atoms with Crippen molar-refractivity contribution in [3.63, 3.8) is 0 Å². The molecule has 0 aliphatic carbocycles. The number of ether oxygens (including phenoxy) is 1. The van der Waals surface area contributed by atoms with Gasteiger partial charge in [0, 0.05) is 11.8 Å². The number of halogens is 2. The lowest BCUT2D eigenvalue weighted by Crippen LogP contribution is -2.12. The number of nitrogens with one attached hydrogen (secondary N) is 1. The van der Waals surface area contributed by atoms with Crippen LogP contribution in [0.1, 0.15) is 10.4 Å². The van der Waals surface area contributed by atoms with E-state index >= 15 is 0 Å². The van der Waals surface area contributed by atoms with Gasteiger partial charge in [-0.25, -0.2) is 0 Å². The van der Waals surface area contributed by atoms with E-state index < -0.39 is 5.91 Å². The van der Waals surface area contributed by atoms with Gasteiger partial charge in [-0.15, -0.1) is 0 Å². The smallest absolute Gasteiger partial charge is 0.259 e. The molecule has 2 aromatic carbocycles. The minimum Gasteiger partial charge on any atom is -0.507 e. The van der Waals surface area contributed by atoms with Gasteiger partial charge < -0.3 is 20.3 Å². The van der Waals surface area contributed by atoms with Crippen LogP contribution in [0.4, 0.5) is 5.69 Å². The van der Waals surface area contributed by atoms with E-state index in [-0.39, 0.29) is 27.1 Å². The van der Waals surface area contributed by atoms with Gasteiger partial charge >= 0.3 is 0 Å². The summed E-state index contributed by atoms with van der Waals surface area (Å²) in [5.41, 5.74) is 0.360. The van der Waals surface area contributed by atoms with Crippen LogP contribution in [0.25, 0.3) is 0 Å². The van der Waals surface area contributed by atoms with Gasteiger partial charge in [0.1, 0.15) is 11.5 Å². The highest BCUT2D eigenvalue weighted by Crippen LogP contribution is 2.35. The maximum absolute atomic E-state index is 12.1. The summed E-state index contributed by atoms with van der Waals surface area (Å²) in [6.07, 6.45) is 0. The standard InChI is InChI=1S/C14H11Cl2NO4/c1-21-8-2-3-9(12(18)6-8)14(20)17-7-4-10(15)13(19)11(16)5-7/h2-6,18-19H,1H3,(H,17,20). The summed E-state index contributed by atoms with van der Waals surface area (Å²) >= 11 is 11.5. The molecule has 7 heteroatoms. The Morgan fingerprint density at radius 3 is 2.29 bits per heavy atom. The summed E-state index contributed by atoms with van der Waals surface area (Å²) in [6, 6.07) is 6.99. The van der Waals surface area contributed by atoms with Gasteiger partial charge in [0.15, 0.2) is 5.75 Å². The zero-order valence-corrected chi connectivity index (χ0v) is 12.4. The van der Waals surface area contributed by atoms with E-state index in [1.165, 1.54) is 31.4 Å². The number of methoxy groups -OCH3 is 1. The fourth-order valence-electron chi connectivity index (χ4n) is 1.67. The molecule has 3 N–H and O–H groups in total. The number of benzene rings is 2. The minimum atomic E-state index is -0.548. The molecule has 0 spiro atoms. The van der Waals surface area contributed by atoms with Crippen LogP contribution in [0.3, 0.4) is 0 Å². The fraction of sp³-hybridized carbons (Fsp3) is 0.0714. The average Bonchev–Trinajstić information content (AvgIpc) is 2.44. The highest BCUT2D eigenvalue weighted by molar-refractivity contribution is 6.37. The summed E-state index contributed by atoms with van der Waals surface area (Å²) in [7, 11) is 1.45. The topological polar surface area (TPSA) is 78.8 Å². The molecule has 21 heavy (non-hydrogen) atoms. The molecule has 0 fully saturated rings. The molecule has 0 saturated heterocycles. The Hall–Kier alpha value is -2.11. The molecule has 110 valence electrons. The zero-order valence-electron chi connectivity index (χ0n) is 10.9. The van der Waals surface area contributed by atoms with E-state index in [4.69, 9.17) is 27.9 Å². The second-order valence-corrected chi connectivity index (χ2v) is 4.94. The molecule has 5 nitrogen and oxygen atoms in total. The molecule has 0 radical (unpaired) electrons. The number of phenolic OH excluding ortho intramolecular Hbond substituents is 2. The maximum atomic E-state index is 12.1. The second kappa shape index (κ2) is 6.11. The van der Waals surface area contributed by atoms with Crippen molar-refractivity contribution >= 4 is 34.8 Å². The minimum absolute atomic E-state index is 0.0109. The largest absolute Gasteiger partial charge is 0.507 e. The molecule has 0 saturated carbocycles. The van der Waals surface area contributed by atoms with Crippen LogP contribution >= 0.6 is 23.2 Å².